The van der Waals surface area contributed by atoms with E-state index >= 15 is 0 Å². The summed E-state index contributed by atoms with van der Waals surface area (Å²) in [5.74, 6) is 0. The number of aliphatic hydroxyl groups is 6. The Hall–Kier alpha value is -0.560. The summed E-state index contributed by atoms with van der Waals surface area (Å²) in [4.78, 5) is 0. The molecule has 44 heavy (non-hydrogen) atoms. The molecule has 2 heterocycles. The smallest absolute Gasteiger partial charge is 0.187 e. The lowest BCUT2D eigenvalue weighted by Gasteiger charge is -2.48. The van der Waals surface area contributed by atoms with E-state index in [-0.39, 0.29) is 65.1 Å². The number of hydrogen-bond acceptors (Lipinski definition) is 14. The molecule has 14 heteroatoms. The number of aliphatic hydroxyl groups excluding tert-OH is 6. The van der Waals surface area contributed by atoms with Crippen molar-refractivity contribution >= 4 is 0 Å². The molecule has 0 aromatic heterocycles. The summed E-state index contributed by atoms with van der Waals surface area (Å²) >= 11 is 0. The fourth-order valence-corrected chi connectivity index (χ4v) is 5.28. The Bertz CT molecular complexity index is 719. The van der Waals surface area contributed by atoms with Crippen LogP contribution in [0, 0.1) is 0 Å². The number of ether oxygens (including phenoxy) is 8. The first-order chi connectivity index (χ1) is 21.3. The summed E-state index contributed by atoms with van der Waals surface area (Å²) in [7, 11) is 0. The lowest BCUT2D eigenvalue weighted by molar-refractivity contribution is -0.370. The number of rotatable bonds is 23. The monoisotopic (exact) mass is 642 g/mol. The molecule has 0 amide bonds. The molecule has 2 aliphatic rings. The molecule has 262 valence electrons. The molecule has 2 saturated heterocycles. The van der Waals surface area contributed by atoms with Gasteiger partial charge in [-0.25, -0.2) is 0 Å². The van der Waals surface area contributed by atoms with Gasteiger partial charge in [0.25, 0.3) is 0 Å². The van der Waals surface area contributed by atoms with Gasteiger partial charge in [0, 0.05) is 0 Å². The van der Waals surface area contributed by atoms with Crippen molar-refractivity contribution in [2.45, 2.75) is 140 Å². The van der Waals surface area contributed by atoms with Crippen LogP contribution in [-0.4, -0.2) is 157 Å². The Morgan fingerprint density at radius 2 is 1.27 bits per heavy atom. The van der Waals surface area contributed by atoms with Gasteiger partial charge in [0.2, 0.25) is 0 Å². The Kier molecular flexibility index (Phi) is 19.9. The average Bonchev–Trinajstić information content (AvgIpc) is 3.01. The van der Waals surface area contributed by atoms with Gasteiger partial charge in [-0.05, 0) is 26.2 Å². The summed E-state index contributed by atoms with van der Waals surface area (Å²) in [6.07, 6.45) is -7.27. The van der Waals surface area contributed by atoms with Crippen molar-refractivity contribution in [3.63, 3.8) is 0 Å². The fourth-order valence-electron chi connectivity index (χ4n) is 5.28. The third-order valence-corrected chi connectivity index (χ3v) is 7.76. The Morgan fingerprint density at radius 1 is 0.659 bits per heavy atom. The van der Waals surface area contributed by atoms with Crippen LogP contribution in [0.3, 0.4) is 0 Å². The predicted molar refractivity (Wildman–Crippen MR) is 157 cm³/mol. The first-order valence-corrected chi connectivity index (χ1v) is 16.2. The van der Waals surface area contributed by atoms with Crippen LogP contribution in [0.15, 0.2) is 0 Å². The Labute approximate surface area is 261 Å². The molecule has 0 bridgehead atoms. The lowest BCUT2D eigenvalue weighted by Crippen LogP contribution is -2.66. The molecule has 0 aliphatic carbocycles. The second-order valence-electron chi connectivity index (χ2n) is 11.3. The minimum Gasteiger partial charge on any atom is -0.394 e. The van der Waals surface area contributed by atoms with Crippen molar-refractivity contribution in [2.75, 3.05) is 52.9 Å². The minimum absolute atomic E-state index is 0.0119. The summed E-state index contributed by atoms with van der Waals surface area (Å²) in [6, 6.07) is 0. The van der Waals surface area contributed by atoms with Crippen LogP contribution in [0.2, 0.25) is 0 Å². The normalized spacial score (nSPS) is 34.2. The van der Waals surface area contributed by atoms with Crippen molar-refractivity contribution in [3.8, 4) is 0 Å². The van der Waals surface area contributed by atoms with E-state index in [1.807, 2.05) is 20.8 Å². The van der Waals surface area contributed by atoms with Gasteiger partial charge in [0.15, 0.2) is 12.6 Å². The third-order valence-electron chi connectivity index (χ3n) is 7.76. The van der Waals surface area contributed by atoms with Gasteiger partial charge in [0.1, 0.15) is 48.8 Å². The summed E-state index contributed by atoms with van der Waals surface area (Å²) in [6.45, 7) is 6.88. The standard InChI is InChI=1S/C30H58O14/c1-5-8-10-20(9-6-2)41-30-25(36)28(39-16-13-33)27(22(43-30)18-38-15-12-32)44-29-24(35)23(34)26(40-19(4)7-3)21(42-29)17-37-14-11-31/h19-36H,5-18H2,1-4H3. The zero-order valence-electron chi connectivity index (χ0n) is 26.8. The molecule has 2 aliphatic heterocycles. The molecule has 0 aromatic rings. The van der Waals surface area contributed by atoms with Crippen LogP contribution < -0.4 is 0 Å². The predicted octanol–water partition coefficient (Wildman–Crippen LogP) is -0.141. The van der Waals surface area contributed by atoms with Crippen molar-refractivity contribution in [2.24, 2.45) is 0 Å². The molecular weight excluding hydrogens is 584 g/mol. The van der Waals surface area contributed by atoms with Crippen LogP contribution in [0.5, 0.6) is 0 Å². The molecule has 2 rings (SSSR count). The molecule has 14 nitrogen and oxygen atoms in total. The van der Waals surface area contributed by atoms with Gasteiger partial charge in [-0.3, -0.25) is 0 Å². The number of unbranched alkanes of at least 4 members (excludes halogenated alkanes) is 1. The van der Waals surface area contributed by atoms with Gasteiger partial charge in [-0.15, -0.1) is 0 Å². The highest BCUT2D eigenvalue weighted by atomic mass is 16.8. The van der Waals surface area contributed by atoms with E-state index in [1.54, 1.807) is 0 Å². The van der Waals surface area contributed by atoms with Gasteiger partial charge < -0.3 is 68.5 Å². The van der Waals surface area contributed by atoms with Crippen LogP contribution in [0.1, 0.15) is 66.2 Å². The Morgan fingerprint density at radius 3 is 1.84 bits per heavy atom. The second-order valence-corrected chi connectivity index (χ2v) is 11.3. The van der Waals surface area contributed by atoms with E-state index in [1.165, 1.54) is 0 Å². The quantitative estimate of drug-likeness (QED) is 0.0806. The molecule has 6 N–H and O–H groups in total. The molecule has 0 aromatic carbocycles. The highest BCUT2D eigenvalue weighted by Crippen LogP contribution is 2.33. The van der Waals surface area contributed by atoms with Crippen molar-refractivity contribution in [1.82, 2.24) is 0 Å². The summed E-state index contributed by atoms with van der Waals surface area (Å²) in [5.41, 5.74) is 0. The first kappa shape index (κ1) is 39.6. The average molecular weight is 643 g/mol. The van der Waals surface area contributed by atoms with Crippen LogP contribution >= 0.6 is 0 Å². The maximum Gasteiger partial charge on any atom is 0.187 e. The fraction of sp³-hybridized carbons (Fsp3) is 1.00. The lowest BCUT2D eigenvalue weighted by atomic mass is 9.96. The maximum absolute atomic E-state index is 11.4. The van der Waals surface area contributed by atoms with Crippen molar-refractivity contribution in [3.05, 3.63) is 0 Å². The van der Waals surface area contributed by atoms with Gasteiger partial charge in [-0.2, -0.15) is 0 Å². The molecule has 2 fully saturated rings. The molecule has 0 spiro atoms. The van der Waals surface area contributed by atoms with Gasteiger partial charge in [0.05, 0.1) is 65.1 Å². The van der Waals surface area contributed by atoms with E-state index < -0.39 is 61.4 Å². The van der Waals surface area contributed by atoms with E-state index in [4.69, 9.17) is 37.9 Å². The van der Waals surface area contributed by atoms with Crippen molar-refractivity contribution < 1.29 is 68.5 Å². The van der Waals surface area contributed by atoms with E-state index in [2.05, 4.69) is 6.92 Å². The highest BCUT2D eigenvalue weighted by molar-refractivity contribution is 4.96. The largest absolute Gasteiger partial charge is 0.394 e. The third kappa shape index (κ3) is 12.2. The van der Waals surface area contributed by atoms with Crippen LogP contribution in [-0.2, 0) is 37.9 Å². The van der Waals surface area contributed by atoms with E-state index in [0.717, 1.165) is 32.1 Å². The molecule has 12 atom stereocenters. The Balaban J connectivity index is 2.34. The second kappa shape index (κ2) is 22.1. The van der Waals surface area contributed by atoms with Crippen LogP contribution in [0.25, 0.3) is 0 Å². The van der Waals surface area contributed by atoms with E-state index in [0.29, 0.717) is 6.42 Å². The topological polar surface area (TPSA) is 195 Å². The molecular formula is C30H58O14. The van der Waals surface area contributed by atoms with Crippen molar-refractivity contribution in [1.29, 1.82) is 0 Å². The zero-order chi connectivity index (χ0) is 32.5. The minimum atomic E-state index is -1.57. The van der Waals surface area contributed by atoms with Gasteiger partial charge in [-0.1, -0.05) is 40.0 Å². The molecule has 12 unspecified atom stereocenters. The van der Waals surface area contributed by atoms with Crippen LogP contribution in [0.4, 0.5) is 0 Å². The molecule has 0 radical (unpaired) electrons. The highest BCUT2D eigenvalue weighted by Gasteiger charge is 2.52. The molecule has 0 saturated carbocycles. The summed E-state index contributed by atoms with van der Waals surface area (Å²) in [5, 5.41) is 61.7. The SMILES string of the molecule is CCCCC(CCC)OC1OC(COCCO)C(OC2OC(COCCO)C(OC(C)CC)C(O)C2O)C(OCCO)C1O. The summed E-state index contributed by atoms with van der Waals surface area (Å²) < 4.78 is 47.7. The number of hydrogen-bond donors (Lipinski definition) is 6. The van der Waals surface area contributed by atoms with Gasteiger partial charge >= 0.3 is 0 Å². The van der Waals surface area contributed by atoms with E-state index in [9.17, 15) is 30.6 Å². The first-order valence-electron chi connectivity index (χ1n) is 16.2. The maximum atomic E-state index is 11.4. The zero-order valence-corrected chi connectivity index (χ0v) is 26.8.